The molecule has 152 valence electrons. The first-order valence-corrected chi connectivity index (χ1v) is 10.6. The fraction of sp³-hybridized carbons (Fsp3) is 0.550. The molecule has 2 heterocycles. The van der Waals surface area contributed by atoms with E-state index in [9.17, 15) is 0 Å². The lowest BCUT2D eigenvalue weighted by Crippen LogP contribution is -2.50. The predicted molar refractivity (Wildman–Crippen MR) is 126 cm³/mol. The van der Waals surface area contributed by atoms with Gasteiger partial charge in [0.15, 0.2) is 5.96 Å². The van der Waals surface area contributed by atoms with Crippen LogP contribution >= 0.6 is 39.9 Å². The van der Waals surface area contributed by atoms with E-state index in [-0.39, 0.29) is 29.4 Å². The zero-order chi connectivity index (χ0) is 18.7. The average molecular weight is 559 g/mol. The SMILES string of the molecule is CN=C(NCC1(c2cccc(Br)c2)CCCC1)NC1CCc2ncnn2C1.I. The molecule has 28 heavy (non-hydrogen) atoms. The zero-order valence-corrected chi connectivity index (χ0v) is 20.1. The van der Waals surface area contributed by atoms with Crippen LogP contribution in [-0.4, -0.2) is 40.4 Å². The highest BCUT2D eigenvalue weighted by atomic mass is 127. The van der Waals surface area contributed by atoms with Crippen LogP contribution in [0.2, 0.25) is 0 Å². The van der Waals surface area contributed by atoms with Gasteiger partial charge >= 0.3 is 0 Å². The molecule has 4 rings (SSSR count). The van der Waals surface area contributed by atoms with Crippen molar-refractivity contribution in [2.75, 3.05) is 13.6 Å². The average Bonchev–Trinajstić information content (AvgIpc) is 3.35. The zero-order valence-electron chi connectivity index (χ0n) is 16.2. The molecule has 1 unspecified atom stereocenters. The van der Waals surface area contributed by atoms with Gasteiger partial charge in [0.25, 0.3) is 0 Å². The van der Waals surface area contributed by atoms with Gasteiger partial charge in [-0.05, 0) is 37.0 Å². The molecule has 1 fully saturated rings. The van der Waals surface area contributed by atoms with Crippen molar-refractivity contribution >= 4 is 45.9 Å². The van der Waals surface area contributed by atoms with Crippen molar-refractivity contribution in [1.82, 2.24) is 25.4 Å². The van der Waals surface area contributed by atoms with Gasteiger partial charge in [-0.3, -0.25) is 4.99 Å². The van der Waals surface area contributed by atoms with Crippen molar-refractivity contribution < 1.29 is 0 Å². The number of aliphatic imine (C=N–C) groups is 1. The van der Waals surface area contributed by atoms with Gasteiger partial charge in [-0.2, -0.15) is 5.10 Å². The van der Waals surface area contributed by atoms with Crippen LogP contribution in [0.4, 0.5) is 0 Å². The van der Waals surface area contributed by atoms with E-state index >= 15 is 0 Å². The molecule has 2 aliphatic rings. The number of nitrogens with zero attached hydrogens (tertiary/aromatic N) is 4. The summed E-state index contributed by atoms with van der Waals surface area (Å²) in [6, 6.07) is 9.11. The second-order valence-electron chi connectivity index (χ2n) is 7.66. The van der Waals surface area contributed by atoms with Gasteiger partial charge in [0, 0.05) is 35.9 Å². The van der Waals surface area contributed by atoms with E-state index in [1.807, 2.05) is 11.7 Å². The van der Waals surface area contributed by atoms with Gasteiger partial charge in [-0.25, -0.2) is 9.67 Å². The van der Waals surface area contributed by atoms with Crippen molar-refractivity contribution in [3.05, 3.63) is 46.5 Å². The van der Waals surface area contributed by atoms with Crippen molar-refractivity contribution in [1.29, 1.82) is 0 Å². The normalized spacial score (nSPS) is 20.9. The summed E-state index contributed by atoms with van der Waals surface area (Å²) in [7, 11) is 1.85. The molecule has 0 radical (unpaired) electrons. The summed E-state index contributed by atoms with van der Waals surface area (Å²) in [6.07, 6.45) is 8.67. The maximum absolute atomic E-state index is 4.47. The summed E-state index contributed by atoms with van der Waals surface area (Å²) in [5.74, 6) is 1.96. The Hall–Kier alpha value is -1.16. The summed E-state index contributed by atoms with van der Waals surface area (Å²) in [4.78, 5) is 8.77. The smallest absolute Gasteiger partial charge is 0.191 e. The Morgan fingerprint density at radius 1 is 1.36 bits per heavy atom. The Balaban J connectivity index is 0.00000225. The van der Waals surface area contributed by atoms with E-state index < -0.39 is 0 Å². The molecule has 1 aliphatic heterocycles. The van der Waals surface area contributed by atoms with Crippen LogP contribution in [0, 0.1) is 0 Å². The number of nitrogens with one attached hydrogen (secondary N) is 2. The third-order valence-electron chi connectivity index (χ3n) is 5.96. The highest BCUT2D eigenvalue weighted by Crippen LogP contribution is 2.41. The Morgan fingerprint density at radius 3 is 2.93 bits per heavy atom. The molecule has 0 spiro atoms. The van der Waals surface area contributed by atoms with E-state index in [2.05, 4.69) is 65.9 Å². The molecule has 0 saturated heterocycles. The molecule has 1 atom stereocenters. The Morgan fingerprint density at radius 2 is 2.18 bits per heavy atom. The monoisotopic (exact) mass is 558 g/mol. The number of aryl methyl sites for hydroxylation is 1. The molecule has 1 aromatic heterocycles. The van der Waals surface area contributed by atoms with Gasteiger partial charge in [-0.1, -0.05) is 40.9 Å². The molecule has 6 nitrogen and oxygen atoms in total. The third kappa shape index (κ3) is 4.69. The maximum Gasteiger partial charge on any atom is 0.191 e. The topological polar surface area (TPSA) is 67.1 Å². The number of guanidine groups is 1. The molecule has 0 bridgehead atoms. The Bertz CT molecular complexity index is 815. The summed E-state index contributed by atoms with van der Waals surface area (Å²) in [6.45, 7) is 1.75. The minimum atomic E-state index is 0. The number of rotatable bonds is 4. The van der Waals surface area contributed by atoms with Crippen molar-refractivity contribution in [3.8, 4) is 0 Å². The van der Waals surface area contributed by atoms with Gasteiger partial charge < -0.3 is 10.6 Å². The molecule has 2 N–H and O–H groups in total. The quantitative estimate of drug-likeness (QED) is 0.341. The molecule has 2 aromatic rings. The summed E-state index contributed by atoms with van der Waals surface area (Å²) < 4.78 is 3.15. The van der Waals surface area contributed by atoms with E-state index in [1.165, 1.54) is 31.2 Å². The Kier molecular flexibility index (Phi) is 7.36. The molecular formula is C20H28BrIN6. The van der Waals surface area contributed by atoms with E-state index in [0.717, 1.165) is 42.2 Å². The fourth-order valence-electron chi connectivity index (χ4n) is 4.43. The number of fused-ring (bicyclic) bond motifs is 1. The first kappa shape index (κ1) is 21.5. The lowest BCUT2D eigenvalue weighted by Gasteiger charge is -2.32. The van der Waals surface area contributed by atoms with E-state index in [0.29, 0.717) is 6.04 Å². The summed E-state index contributed by atoms with van der Waals surface area (Å²) in [5.41, 5.74) is 1.61. The molecule has 0 amide bonds. The summed E-state index contributed by atoms with van der Waals surface area (Å²) in [5, 5.41) is 11.5. The van der Waals surface area contributed by atoms with E-state index in [1.54, 1.807) is 6.33 Å². The van der Waals surface area contributed by atoms with Crippen molar-refractivity contribution in [3.63, 3.8) is 0 Å². The highest BCUT2D eigenvalue weighted by Gasteiger charge is 2.36. The second kappa shape index (κ2) is 9.56. The van der Waals surface area contributed by atoms with Crippen LogP contribution in [0.3, 0.4) is 0 Å². The van der Waals surface area contributed by atoms with Gasteiger partial charge in [0.05, 0.1) is 6.54 Å². The van der Waals surface area contributed by atoms with Crippen LogP contribution < -0.4 is 10.6 Å². The number of hydrogen-bond acceptors (Lipinski definition) is 3. The highest BCUT2D eigenvalue weighted by molar-refractivity contribution is 14.0. The van der Waals surface area contributed by atoms with Crippen LogP contribution in [0.15, 0.2) is 40.1 Å². The predicted octanol–water partition coefficient (Wildman–Crippen LogP) is 3.65. The number of aromatic nitrogens is 3. The first-order valence-electron chi connectivity index (χ1n) is 9.78. The molecule has 8 heteroatoms. The third-order valence-corrected chi connectivity index (χ3v) is 6.46. The first-order chi connectivity index (χ1) is 13.2. The maximum atomic E-state index is 4.47. The second-order valence-corrected chi connectivity index (χ2v) is 8.58. The van der Waals surface area contributed by atoms with Crippen LogP contribution in [0.5, 0.6) is 0 Å². The lowest BCUT2D eigenvalue weighted by molar-refractivity contribution is 0.387. The molecular weight excluding hydrogens is 531 g/mol. The van der Waals surface area contributed by atoms with Gasteiger partial charge in [0.2, 0.25) is 0 Å². The molecule has 1 aliphatic carbocycles. The lowest BCUT2D eigenvalue weighted by atomic mass is 9.79. The van der Waals surface area contributed by atoms with Gasteiger partial charge in [-0.15, -0.1) is 24.0 Å². The fourth-order valence-corrected chi connectivity index (χ4v) is 4.83. The summed E-state index contributed by atoms with van der Waals surface area (Å²) >= 11 is 3.63. The Labute approximate surface area is 192 Å². The van der Waals surface area contributed by atoms with Crippen LogP contribution in [-0.2, 0) is 18.4 Å². The number of benzene rings is 1. The largest absolute Gasteiger partial charge is 0.356 e. The van der Waals surface area contributed by atoms with Crippen LogP contribution in [0.25, 0.3) is 0 Å². The van der Waals surface area contributed by atoms with Gasteiger partial charge in [0.1, 0.15) is 12.2 Å². The van der Waals surface area contributed by atoms with Crippen molar-refractivity contribution in [2.24, 2.45) is 4.99 Å². The van der Waals surface area contributed by atoms with Crippen molar-refractivity contribution in [2.45, 2.75) is 56.5 Å². The minimum Gasteiger partial charge on any atom is -0.356 e. The standard InChI is InChI=1S/C20H27BrN6.HI/c1-22-19(26-17-7-8-18-24-14-25-27(18)12-17)23-13-20(9-2-3-10-20)15-5-4-6-16(21)11-15;/h4-6,11,14,17H,2-3,7-10,12-13H2,1H3,(H2,22,23,26);1H. The van der Waals surface area contributed by atoms with E-state index in [4.69, 9.17) is 0 Å². The molecule has 1 aromatic carbocycles. The molecule has 1 saturated carbocycles. The minimum absolute atomic E-state index is 0. The number of halogens is 2. The van der Waals surface area contributed by atoms with Crippen LogP contribution in [0.1, 0.15) is 43.5 Å². The number of hydrogen-bond donors (Lipinski definition) is 2.